The van der Waals surface area contributed by atoms with Crippen LogP contribution in [0.3, 0.4) is 0 Å². The molecule has 2 heterocycles. The van der Waals surface area contributed by atoms with Gasteiger partial charge in [-0.25, -0.2) is 0 Å². The second-order valence-electron chi connectivity index (χ2n) is 3.41. The number of nitrogens with zero attached hydrogens (tertiary/aromatic N) is 3. The van der Waals surface area contributed by atoms with Crippen LogP contribution in [-0.4, -0.2) is 21.3 Å². The van der Waals surface area contributed by atoms with Gasteiger partial charge in [-0.1, -0.05) is 6.07 Å². The van der Waals surface area contributed by atoms with Gasteiger partial charge in [0.2, 0.25) is 0 Å². The molecule has 2 N–H and O–H groups in total. The van der Waals surface area contributed by atoms with Crippen molar-refractivity contribution in [1.29, 1.82) is 0 Å². The summed E-state index contributed by atoms with van der Waals surface area (Å²) in [6.45, 7) is 0.632. The molecule has 0 atom stereocenters. The lowest BCUT2D eigenvalue weighted by atomic mass is 10.1. The summed E-state index contributed by atoms with van der Waals surface area (Å²) in [5.74, 6) is 0. The number of rotatable bonds is 3. The normalized spacial score (nSPS) is 10.5. The smallest absolute Gasteiger partial charge is 0.0571 e. The standard InChI is InChI=1S/C11H14N4/c1-15-11(4-5-12)10(8-14-15)9-3-2-6-13-7-9/h2-3,6-8H,4-5,12H2,1H3. The number of pyridine rings is 1. The van der Waals surface area contributed by atoms with Crippen LogP contribution in [0.1, 0.15) is 5.69 Å². The van der Waals surface area contributed by atoms with Crippen molar-refractivity contribution in [2.24, 2.45) is 12.8 Å². The molecule has 0 aliphatic carbocycles. The lowest BCUT2D eigenvalue weighted by molar-refractivity contribution is 0.707. The zero-order valence-electron chi connectivity index (χ0n) is 8.72. The average Bonchev–Trinajstić information content (AvgIpc) is 2.63. The first-order valence-electron chi connectivity index (χ1n) is 4.94. The third-order valence-corrected chi connectivity index (χ3v) is 2.42. The molecule has 4 heteroatoms. The lowest BCUT2D eigenvalue weighted by Gasteiger charge is -2.04. The van der Waals surface area contributed by atoms with E-state index in [0.29, 0.717) is 6.54 Å². The molecule has 0 amide bonds. The van der Waals surface area contributed by atoms with Gasteiger partial charge in [0.1, 0.15) is 0 Å². The van der Waals surface area contributed by atoms with Crippen LogP contribution in [0.5, 0.6) is 0 Å². The molecule has 2 rings (SSSR count). The van der Waals surface area contributed by atoms with Gasteiger partial charge in [0.15, 0.2) is 0 Å². The first-order valence-corrected chi connectivity index (χ1v) is 4.94. The van der Waals surface area contributed by atoms with Crippen LogP contribution >= 0.6 is 0 Å². The van der Waals surface area contributed by atoms with Crippen molar-refractivity contribution in [3.8, 4) is 11.1 Å². The molecular weight excluding hydrogens is 188 g/mol. The van der Waals surface area contributed by atoms with Crippen LogP contribution in [0.2, 0.25) is 0 Å². The van der Waals surface area contributed by atoms with Gasteiger partial charge in [0.25, 0.3) is 0 Å². The summed E-state index contributed by atoms with van der Waals surface area (Å²) in [5, 5.41) is 4.24. The zero-order valence-corrected chi connectivity index (χ0v) is 8.72. The maximum Gasteiger partial charge on any atom is 0.0571 e. The fourth-order valence-corrected chi connectivity index (χ4v) is 1.66. The van der Waals surface area contributed by atoms with Gasteiger partial charge in [0.05, 0.1) is 6.20 Å². The summed E-state index contributed by atoms with van der Waals surface area (Å²) in [4.78, 5) is 4.10. The Morgan fingerprint density at radius 3 is 2.93 bits per heavy atom. The summed E-state index contributed by atoms with van der Waals surface area (Å²) < 4.78 is 1.87. The van der Waals surface area contributed by atoms with Crippen molar-refractivity contribution in [3.63, 3.8) is 0 Å². The van der Waals surface area contributed by atoms with Gasteiger partial charge in [-0.3, -0.25) is 9.67 Å². The number of aryl methyl sites for hydroxylation is 1. The molecule has 0 spiro atoms. The summed E-state index contributed by atoms with van der Waals surface area (Å²) >= 11 is 0. The second kappa shape index (κ2) is 4.23. The largest absolute Gasteiger partial charge is 0.330 e. The van der Waals surface area contributed by atoms with Crippen LogP contribution in [0.4, 0.5) is 0 Å². The Morgan fingerprint density at radius 1 is 1.40 bits per heavy atom. The third-order valence-electron chi connectivity index (χ3n) is 2.42. The van der Waals surface area contributed by atoms with Gasteiger partial charge in [-0.2, -0.15) is 5.10 Å². The first kappa shape index (κ1) is 9.86. The minimum atomic E-state index is 0.632. The Hall–Kier alpha value is -1.68. The van der Waals surface area contributed by atoms with Gasteiger partial charge < -0.3 is 5.73 Å². The SMILES string of the molecule is Cn1ncc(-c2cccnc2)c1CCN. The van der Waals surface area contributed by atoms with Crippen LogP contribution in [0.15, 0.2) is 30.7 Å². The van der Waals surface area contributed by atoms with Gasteiger partial charge >= 0.3 is 0 Å². The summed E-state index contributed by atoms with van der Waals surface area (Å²) in [6.07, 6.45) is 6.31. The Balaban J connectivity index is 2.44. The van der Waals surface area contributed by atoms with Crippen molar-refractivity contribution < 1.29 is 0 Å². The molecule has 0 aliphatic rings. The Labute approximate surface area is 88.8 Å². The fraction of sp³-hybridized carbons (Fsp3) is 0.273. The van der Waals surface area contributed by atoms with Crippen molar-refractivity contribution in [1.82, 2.24) is 14.8 Å². The number of aromatic nitrogens is 3. The van der Waals surface area contributed by atoms with E-state index in [2.05, 4.69) is 10.1 Å². The van der Waals surface area contributed by atoms with Crippen molar-refractivity contribution >= 4 is 0 Å². The molecule has 2 aromatic heterocycles. The predicted molar refractivity (Wildman–Crippen MR) is 59.2 cm³/mol. The summed E-state index contributed by atoms with van der Waals surface area (Å²) in [5.41, 5.74) is 8.95. The number of hydrogen-bond acceptors (Lipinski definition) is 3. The zero-order chi connectivity index (χ0) is 10.7. The maximum absolute atomic E-state index is 5.58. The van der Waals surface area contributed by atoms with Crippen LogP contribution in [0, 0.1) is 0 Å². The van der Waals surface area contributed by atoms with E-state index in [1.165, 1.54) is 0 Å². The number of hydrogen-bond donors (Lipinski definition) is 1. The number of nitrogens with two attached hydrogens (primary N) is 1. The molecule has 4 nitrogen and oxygen atoms in total. The van der Waals surface area contributed by atoms with E-state index in [-0.39, 0.29) is 0 Å². The highest BCUT2D eigenvalue weighted by molar-refractivity contribution is 5.64. The minimum absolute atomic E-state index is 0.632. The van der Waals surface area contributed by atoms with Gasteiger partial charge in [-0.15, -0.1) is 0 Å². The van der Waals surface area contributed by atoms with Crippen LogP contribution in [-0.2, 0) is 13.5 Å². The van der Waals surface area contributed by atoms with E-state index in [0.717, 1.165) is 23.2 Å². The van der Waals surface area contributed by atoms with E-state index in [1.807, 2.05) is 36.3 Å². The summed E-state index contributed by atoms with van der Waals surface area (Å²) in [6, 6.07) is 3.96. The molecule has 0 unspecified atom stereocenters. The fourth-order valence-electron chi connectivity index (χ4n) is 1.66. The van der Waals surface area contributed by atoms with E-state index < -0.39 is 0 Å². The molecule has 0 fully saturated rings. The van der Waals surface area contributed by atoms with Crippen LogP contribution < -0.4 is 5.73 Å². The van der Waals surface area contributed by atoms with Gasteiger partial charge in [0, 0.05) is 42.7 Å². The summed E-state index contributed by atoms with van der Waals surface area (Å²) in [7, 11) is 1.94. The second-order valence-corrected chi connectivity index (χ2v) is 3.41. The van der Waals surface area contributed by atoms with Crippen molar-refractivity contribution in [2.75, 3.05) is 6.54 Å². The highest BCUT2D eigenvalue weighted by Crippen LogP contribution is 2.22. The first-order chi connectivity index (χ1) is 7.33. The lowest BCUT2D eigenvalue weighted by Crippen LogP contribution is -2.08. The molecule has 0 radical (unpaired) electrons. The van der Waals surface area contributed by atoms with Crippen molar-refractivity contribution in [3.05, 3.63) is 36.4 Å². The van der Waals surface area contributed by atoms with E-state index >= 15 is 0 Å². The molecular formula is C11H14N4. The molecule has 0 aliphatic heterocycles. The van der Waals surface area contributed by atoms with E-state index in [4.69, 9.17) is 5.73 Å². The Kier molecular flexibility index (Phi) is 2.78. The quantitative estimate of drug-likeness (QED) is 0.807. The highest BCUT2D eigenvalue weighted by Gasteiger charge is 2.09. The monoisotopic (exact) mass is 202 g/mol. The topological polar surface area (TPSA) is 56.7 Å². The maximum atomic E-state index is 5.58. The molecule has 0 bridgehead atoms. The van der Waals surface area contributed by atoms with E-state index in [1.54, 1.807) is 6.20 Å². The molecule has 78 valence electrons. The molecule has 15 heavy (non-hydrogen) atoms. The third kappa shape index (κ3) is 1.89. The average molecular weight is 202 g/mol. The molecule has 0 saturated carbocycles. The highest BCUT2D eigenvalue weighted by atomic mass is 15.3. The Morgan fingerprint density at radius 2 is 2.27 bits per heavy atom. The molecule has 0 saturated heterocycles. The van der Waals surface area contributed by atoms with Crippen molar-refractivity contribution in [2.45, 2.75) is 6.42 Å². The molecule has 0 aromatic carbocycles. The van der Waals surface area contributed by atoms with Crippen LogP contribution in [0.25, 0.3) is 11.1 Å². The van der Waals surface area contributed by atoms with Gasteiger partial charge in [-0.05, 0) is 12.6 Å². The molecule has 2 aromatic rings. The predicted octanol–water partition coefficient (Wildman–Crippen LogP) is 0.983. The Bertz CT molecular complexity index is 433. The minimum Gasteiger partial charge on any atom is -0.330 e. The van der Waals surface area contributed by atoms with E-state index in [9.17, 15) is 0 Å².